The Morgan fingerprint density at radius 2 is 1.57 bits per heavy atom. The molecule has 1 heterocycles. The van der Waals surface area contributed by atoms with Gasteiger partial charge in [0, 0.05) is 17.9 Å². The molecule has 0 saturated heterocycles. The van der Waals surface area contributed by atoms with E-state index in [9.17, 15) is 0 Å². The molecule has 0 bridgehead atoms. The van der Waals surface area contributed by atoms with E-state index in [4.69, 9.17) is 33.6 Å². The molecule has 2 N–H and O–H groups in total. The molecule has 0 amide bonds. The average Bonchev–Trinajstić information content (AvgIpc) is 2.90. The molecule has 0 radical (unpaired) electrons. The summed E-state index contributed by atoms with van der Waals surface area (Å²) in [7, 11) is 0. The van der Waals surface area contributed by atoms with Crippen molar-refractivity contribution in [1.29, 1.82) is 0 Å². The number of halogens is 2. The van der Waals surface area contributed by atoms with Crippen LogP contribution in [-0.4, -0.2) is 36.8 Å². The van der Waals surface area contributed by atoms with Crippen molar-refractivity contribution in [3.8, 4) is 5.69 Å². The molecule has 0 unspecified atom stereocenters. The van der Waals surface area contributed by atoms with Crippen molar-refractivity contribution in [1.82, 2.24) is 15.0 Å². The summed E-state index contributed by atoms with van der Waals surface area (Å²) < 4.78 is 0. The summed E-state index contributed by atoms with van der Waals surface area (Å²) in [6, 6.07) is 4.90. The van der Waals surface area contributed by atoms with Crippen molar-refractivity contribution < 1.29 is 10.4 Å². The molecule has 0 aliphatic heterocycles. The van der Waals surface area contributed by atoms with Crippen molar-refractivity contribution in [2.24, 2.45) is 10.3 Å². The molecule has 0 fully saturated rings. The minimum atomic E-state index is 0.363. The van der Waals surface area contributed by atoms with Crippen molar-refractivity contribution in [3.63, 3.8) is 0 Å². The summed E-state index contributed by atoms with van der Waals surface area (Å²) in [6.07, 6.45) is 0.825. The maximum absolute atomic E-state index is 9.03. The van der Waals surface area contributed by atoms with Crippen molar-refractivity contribution in [2.75, 3.05) is 0 Å². The molecule has 1 aliphatic carbocycles. The Hall–Kier alpha value is -2.12. The van der Waals surface area contributed by atoms with Gasteiger partial charge in [-0.25, -0.2) is 0 Å². The van der Waals surface area contributed by atoms with Crippen LogP contribution < -0.4 is 0 Å². The monoisotopic (exact) mass is 325 g/mol. The number of benzene rings is 1. The first-order valence-electron chi connectivity index (χ1n) is 5.99. The van der Waals surface area contributed by atoms with Gasteiger partial charge in [-0.3, -0.25) is 0 Å². The van der Waals surface area contributed by atoms with Crippen LogP contribution in [0.2, 0.25) is 10.0 Å². The fraction of sp³-hybridized carbons (Fsp3) is 0.167. The number of oxime groups is 2. The Kier molecular flexibility index (Phi) is 3.52. The SMILES string of the molecule is O/N=C1/CC/C(=N/O)c2nn(-c3ccc(Cl)cc3Cl)nc21. The number of hydrogen-bond donors (Lipinski definition) is 2. The molecule has 1 aliphatic rings. The maximum atomic E-state index is 9.03. The number of aromatic nitrogens is 3. The lowest BCUT2D eigenvalue weighted by Gasteiger charge is -2.09. The van der Waals surface area contributed by atoms with E-state index in [1.165, 1.54) is 4.80 Å². The Morgan fingerprint density at radius 1 is 1.00 bits per heavy atom. The summed E-state index contributed by atoms with van der Waals surface area (Å²) in [5.74, 6) is 0. The second-order valence-electron chi connectivity index (χ2n) is 4.38. The highest BCUT2D eigenvalue weighted by atomic mass is 35.5. The third-order valence-electron chi connectivity index (χ3n) is 3.13. The van der Waals surface area contributed by atoms with Crippen LogP contribution in [0.5, 0.6) is 0 Å². The van der Waals surface area contributed by atoms with E-state index in [2.05, 4.69) is 20.5 Å². The summed E-state index contributed by atoms with van der Waals surface area (Å²) in [5.41, 5.74) is 2.01. The first-order valence-corrected chi connectivity index (χ1v) is 6.75. The predicted molar refractivity (Wildman–Crippen MR) is 77.3 cm³/mol. The molecule has 9 heteroatoms. The minimum absolute atomic E-state index is 0.363. The van der Waals surface area contributed by atoms with Crippen LogP contribution in [0.4, 0.5) is 0 Å². The Morgan fingerprint density at radius 3 is 2.05 bits per heavy atom. The average molecular weight is 326 g/mol. The van der Waals surface area contributed by atoms with E-state index in [0.717, 1.165) is 0 Å². The topological polar surface area (TPSA) is 95.9 Å². The third-order valence-corrected chi connectivity index (χ3v) is 3.66. The predicted octanol–water partition coefficient (Wildman–Crippen LogP) is 2.72. The van der Waals surface area contributed by atoms with Gasteiger partial charge in [-0.05, 0) is 18.2 Å². The molecule has 0 spiro atoms. The van der Waals surface area contributed by atoms with Crippen LogP contribution >= 0.6 is 23.2 Å². The lowest BCUT2D eigenvalue weighted by molar-refractivity contribution is 0.315. The van der Waals surface area contributed by atoms with E-state index in [1.54, 1.807) is 18.2 Å². The summed E-state index contributed by atoms with van der Waals surface area (Å²) in [4.78, 5) is 1.30. The van der Waals surface area contributed by atoms with Crippen molar-refractivity contribution in [2.45, 2.75) is 12.8 Å². The number of nitrogens with zero attached hydrogens (tertiary/aromatic N) is 5. The summed E-state index contributed by atoms with van der Waals surface area (Å²) in [5, 5.41) is 33.9. The van der Waals surface area contributed by atoms with Gasteiger partial charge < -0.3 is 10.4 Å². The van der Waals surface area contributed by atoms with E-state index >= 15 is 0 Å². The summed E-state index contributed by atoms with van der Waals surface area (Å²) >= 11 is 12.0. The zero-order valence-corrected chi connectivity index (χ0v) is 12.0. The fourth-order valence-electron chi connectivity index (χ4n) is 2.11. The molecule has 108 valence electrons. The van der Waals surface area contributed by atoms with Crippen LogP contribution in [0.15, 0.2) is 28.5 Å². The van der Waals surface area contributed by atoms with Gasteiger partial charge in [-0.15, -0.1) is 15.0 Å². The van der Waals surface area contributed by atoms with Gasteiger partial charge in [0.1, 0.15) is 28.5 Å². The zero-order valence-electron chi connectivity index (χ0n) is 10.5. The lowest BCUT2D eigenvalue weighted by Crippen LogP contribution is -2.18. The molecule has 1 aromatic carbocycles. The molecule has 0 atom stereocenters. The second kappa shape index (κ2) is 5.34. The highest BCUT2D eigenvalue weighted by molar-refractivity contribution is 6.35. The lowest BCUT2D eigenvalue weighted by atomic mass is 9.97. The first-order chi connectivity index (χ1) is 10.1. The van der Waals surface area contributed by atoms with Crippen LogP contribution in [0.1, 0.15) is 24.2 Å². The minimum Gasteiger partial charge on any atom is -0.411 e. The molecule has 7 nitrogen and oxygen atoms in total. The molecule has 0 saturated carbocycles. The van der Waals surface area contributed by atoms with Crippen LogP contribution in [0.3, 0.4) is 0 Å². The molecule has 21 heavy (non-hydrogen) atoms. The molecule has 3 rings (SSSR count). The van der Waals surface area contributed by atoms with E-state index in [1.807, 2.05) is 0 Å². The Labute approximate surface area is 129 Å². The standard InChI is InChI=1S/C12H9Cl2N5O2/c13-6-1-4-10(7(14)5-6)19-15-11-8(17-20)2-3-9(18-21)12(11)16-19/h1,4-5,20-21H,2-3H2/b17-8-,18-9-. The maximum Gasteiger partial charge on any atom is 0.140 e. The van der Waals surface area contributed by atoms with Gasteiger partial charge in [0.15, 0.2) is 0 Å². The second-order valence-corrected chi connectivity index (χ2v) is 5.22. The van der Waals surface area contributed by atoms with Crippen molar-refractivity contribution >= 4 is 34.6 Å². The van der Waals surface area contributed by atoms with Crippen molar-refractivity contribution in [3.05, 3.63) is 39.6 Å². The Bertz CT molecular complexity index is 732. The zero-order chi connectivity index (χ0) is 15.0. The summed E-state index contributed by atoms with van der Waals surface area (Å²) in [6.45, 7) is 0. The van der Waals surface area contributed by atoms with E-state index in [-0.39, 0.29) is 0 Å². The largest absolute Gasteiger partial charge is 0.411 e. The molecule has 2 aromatic rings. The van der Waals surface area contributed by atoms with E-state index in [0.29, 0.717) is 51.4 Å². The molecular weight excluding hydrogens is 317 g/mol. The van der Waals surface area contributed by atoms with Gasteiger partial charge in [-0.1, -0.05) is 33.5 Å². The van der Waals surface area contributed by atoms with Gasteiger partial charge in [0.2, 0.25) is 0 Å². The third kappa shape index (κ3) is 2.34. The molecular formula is C12H9Cl2N5O2. The van der Waals surface area contributed by atoms with Gasteiger partial charge in [0.05, 0.1) is 5.02 Å². The quantitative estimate of drug-likeness (QED) is 0.622. The van der Waals surface area contributed by atoms with Gasteiger partial charge in [0.25, 0.3) is 0 Å². The van der Waals surface area contributed by atoms with Crippen LogP contribution in [0, 0.1) is 0 Å². The van der Waals surface area contributed by atoms with Gasteiger partial charge in [-0.2, -0.15) is 0 Å². The normalized spacial score (nSPS) is 18.2. The number of hydrogen-bond acceptors (Lipinski definition) is 6. The number of fused-ring (bicyclic) bond motifs is 1. The number of rotatable bonds is 1. The Balaban J connectivity index is 2.17. The van der Waals surface area contributed by atoms with Crippen LogP contribution in [-0.2, 0) is 0 Å². The fourth-order valence-corrected chi connectivity index (χ4v) is 2.60. The highest BCUT2D eigenvalue weighted by Gasteiger charge is 2.28. The smallest absolute Gasteiger partial charge is 0.140 e. The van der Waals surface area contributed by atoms with Crippen LogP contribution in [0.25, 0.3) is 5.69 Å². The molecule has 1 aromatic heterocycles. The highest BCUT2D eigenvalue weighted by Crippen LogP contribution is 2.25. The first kappa shape index (κ1) is 13.8. The van der Waals surface area contributed by atoms with E-state index < -0.39 is 0 Å². The van der Waals surface area contributed by atoms with Gasteiger partial charge >= 0.3 is 0 Å².